The Labute approximate surface area is 199 Å². The zero-order chi connectivity index (χ0) is 23.2. The predicted octanol–water partition coefficient (Wildman–Crippen LogP) is 3.11. The van der Waals surface area contributed by atoms with Gasteiger partial charge in [0.1, 0.15) is 0 Å². The Morgan fingerprint density at radius 3 is 2.48 bits per heavy atom. The van der Waals surface area contributed by atoms with Gasteiger partial charge in [-0.25, -0.2) is 4.79 Å². The third-order valence-corrected chi connectivity index (χ3v) is 7.01. The normalized spacial score (nSPS) is 22.0. The molecule has 1 N–H and O–H groups in total. The van der Waals surface area contributed by atoms with Crippen molar-refractivity contribution in [3.8, 4) is 0 Å². The lowest BCUT2D eigenvalue weighted by atomic mass is 10.0. The molecule has 0 radical (unpaired) electrons. The van der Waals surface area contributed by atoms with Gasteiger partial charge < -0.3 is 19.9 Å². The number of nitrogens with zero attached hydrogens (tertiary/aromatic N) is 4. The van der Waals surface area contributed by atoms with Gasteiger partial charge >= 0.3 is 6.03 Å². The van der Waals surface area contributed by atoms with Crippen LogP contribution >= 0.6 is 11.6 Å². The maximum atomic E-state index is 12.6. The molecular weight excluding hydrogens is 442 g/mol. The van der Waals surface area contributed by atoms with E-state index < -0.39 is 0 Å². The summed E-state index contributed by atoms with van der Waals surface area (Å²) in [6.45, 7) is 4.80. The predicted molar refractivity (Wildman–Crippen MR) is 126 cm³/mol. The van der Waals surface area contributed by atoms with E-state index in [9.17, 15) is 9.59 Å². The van der Waals surface area contributed by atoms with E-state index in [0.717, 1.165) is 30.2 Å². The van der Waals surface area contributed by atoms with Crippen molar-refractivity contribution in [3.05, 3.63) is 52.8 Å². The fourth-order valence-corrected chi connectivity index (χ4v) is 5.06. The first-order valence-corrected chi connectivity index (χ1v) is 12.0. The molecule has 2 aromatic rings. The van der Waals surface area contributed by atoms with Crippen LogP contribution in [0.2, 0.25) is 5.02 Å². The highest BCUT2D eigenvalue weighted by Crippen LogP contribution is 2.37. The van der Waals surface area contributed by atoms with Crippen LogP contribution in [0.5, 0.6) is 0 Å². The molecule has 2 amide bonds. The number of fused-ring (bicyclic) bond motifs is 1. The van der Waals surface area contributed by atoms with Gasteiger partial charge in [0.25, 0.3) is 5.91 Å². The number of benzene rings is 1. The Balaban J connectivity index is 0.000000219. The molecule has 1 saturated carbocycles. The molecule has 2 unspecified atom stereocenters. The molecule has 2 atom stereocenters. The van der Waals surface area contributed by atoms with Crippen LogP contribution < -0.4 is 5.32 Å². The van der Waals surface area contributed by atoms with E-state index >= 15 is 0 Å². The van der Waals surface area contributed by atoms with Crippen LogP contribution in [0, 0.1) is 11.8 Å². The first kappa shape index (κ1) is 23.7. The highest BCUT2D eigenvalue weighted by atomic mass is 35.5. The Morgan fingerprint density at radius 1 is 1.12 bits per heavy atom. The van der Waals surface area contributed by atoms with Gasteiger partial charge in [-0.1, -0.05) is 36.2 Å². The minimum Gasteiger partial charge on any atom is -0.378 e. The summed E-state index contributed by atoms with van der Waals surface area (Å²) in [5, 5.41) is 7.99. The molecule has 3 aliphatic rings. The van der Waals surface area contributed by atoms with Gasteiger partial charge in [0.05, 0.1) is 25.0 Å². The smallest absolute Gasteiger partial charge is 0.344 e. The third kappa shape index (κ3) is 5.75. The summed E-state index contributed by atoms with van der Waals surface area (Å²) >= 11 is 5.86. The average molecular weight is 474 g/mol. The van der Waals surface area contributed by atoms with Gasteiger partial charge in [-0.2, -0.15) is 9.78 Å². The molecule has 8 nitrogen and oxygen atoms in total. The molecule has 0 spiro atoms. The minimum absolute atomic E-state index is 0.0781. The van der Waals surface area contributed by atoms with Gasteiger partial charge in [-0.15, -0.1) is 0 Å². The lowest BCUT2D eigenvalue weighted by molar-refractivity contribution is 0.0303. The van der Waals surface area contributed by atoms with Crippen molar-refractivity contribution in [2.75, 3.05) is 46.4 Å². The number of rotatable bonds is 3. The largest absolute Gasteiger partial charge is 0.378 e. The fourth-order valence-electron chi connectivity index (χ4n) is 4.86. The first-order valence-electron chi connectivity index (χ1n) is 11.7. The average Bonchev–Trinajstić information content (AvgIpc) is 3.58. The van der Waals surface area contributed by atoms with E-state index in [0.29, 0.717) is 43.7 Å². The molecule has 0 bridgehead atoms. The number of amides is 2. The number of halogens is 1. The quantitative estimate of drug-likeness (QED) is 0.740. The summed E-state index contributed by atoms with van der Waals surface area (Å²) < 4.78 is 6.57. The molecule has 2 aliphatic heterocycles. The molecule has 33 heavy (non-hydrogen) atoms. The lowest BCUT2D eigenvalue weighted by Crippen LogP contribution is -2.40. The van der Waals surface area contributed by atoms with Gasteiger partial charge in [0, 0.05) is 43.9 Å². The summed E-state index contributed by atoms with van der Waals surface area (Å²) in [5.74, 6) is 1.23. The minimum atomic E-state index is -0.111. The number of ether oxygens (including phenoxy) is 1. The Hall–Kier alpha value is -2.42. The summed E-state index contributed by atoms with van der Waals surface area (Å²) in [5.41, 5.74) is 1.62. The Kier molecular flexibility index (Phi) is 8.01. The molecule has 3 heterocycles. The molecule has 1 aliphatic carbocycles. The summed E-state index contributed by atoms with van der Waals surface area (Å²) in [4.78, 5) is 28.6. The molecule has 3 fully saturated rings. The van der Waals surface area contributed by atoms with E-state index in [-0.39, 0.29) is 11.9 Å². The highest BCUT2D eigenvalue weighted by molar-refractivity contribution is 6.31. The van der Waals surface area contributed by atoms with Crippen LogP contribution in [0.4, 0.5) is 4.79 Å². The number of nitrogens with one attached hydrogen (secondary N) is 1. The lowest BCUT2D eigenvalue weighted by Gasteiger charge is -2.26. The fraction of sp³-hybridized carbons (Fsp3) is 0.542. The second-order valence-corrected chi connectivity index (χ2v) is 9.25. The molecule has 1 aromatic heterocycles. The number of hydrogen-bond donors (Lipinski definition) is 1. The highest BCUT2D eigenvalue weighted by Gasteiger charge is 2.38. The van der Waals surface area contributed by atoms with E-state index in [4.69, 9.17) is 16.3 Å². The second-order valence-electron chi connectivity index (χ2n) is 8.84. The van der Waals surface area contributed by atoms with Crippen LogP contribution in [-0.4, -0.2) is 78.0 Å². The van der Waals surface area contributed by atoms with Crippen LogP contribution in [0.1, 0.15) is 35.2 Å². The number of carbonyl (C=O) groups excluding carboxylic acids is 2. The Bertz CT molecular complexity index is 947. The van der Waals surface area contributed by atoms with Crippen molar-refractivity contribution in [3.63, 3.8) is 0 Å². The van der Waals surface area contributed by atoms with Crippen LogP contribution in [0.25, 0.3) is 0 Å². The van der Waals surface area contributed by atoms with E-state index in [1.165, 1.54) is 30.1 Å². The zero-order valence-corrected chi connectivity index (χ0v) is 19.8. The molecule has 2 saturated heterocycles. The SMILES string of the molecule is CNCc1ccccc1Cl.O=C(c1cnn(C(=O)N2CC3CCCC3C2)c1)N1CCOCC1. The summed E-state index contributed by atoms with van der Waals surface area (Å²) in [6, 6.07) is 7.72. The third-order valence-electron chi connectivity index (χ3n) is 6.65. The molecular formula is C24H32ClN5O3. The van der Waals surface area contributed by atoms with E-state index in [1.807, 2.05) is 36.2 Å². The van der Waals surface area contributed by atoms with Crippen LogP contribution in [-0.2, 0) is 11.3 Å². The first-order chi connectivity index (χ1) is 16.1. The summed E-state index contributed by atoms with van der Waals surface area (Å²) in [6.07, 6.45) is 6.81. The van der Waals surface area contributed by atoms with E-state index in [1.54, 1.807) is 11.1 Å². The standard InChI is InChI=1S/C16H22N4O3.C8H10ClN/c21-15(18-4-6-23-7-5-18)14-8-17-20(11-14)16(22)19-9-12-2-1-3-13(12)10-19;1-10-6-7-4-2-3-5-8(7)9/h8,11-13H,1-7,9-10H2;2-5,10H,6H2,1H3. The Morgan fingerprint density at radius 2 is 1.82 bits per heavy atom. The van der Waals surface area contributed by atoms with Crippen LogP contribution in [0.3, 0.4) is 0 Å². The number of morpholine rings is 1. The molecule has 1 aromatic carbocycles. The number of hydrogen-bond acceptors (Lipinski definition) is 5. The number of carbonyl (C=O) groups is 2. The maximum Gasteiger partial charge on any atom is 0.344 e. The van der Waals surface area contributed by atoms with Crippen molar-refractivity contribution >= 4 is 23.5 Å². The zero-order valence-electron chi connectivity index (χ0n) is 19.1. The number of likely N-dealkylation sites (tertiary alicyclic amines) is 1. The maximum absolute atomic E-state index is 12.6. The van der Waals surface area contributed by atoms with Crippen LogP contribution in [0.15, 0.2) is 36.7 Å². The molecule has 178 valence electrons. The summed E-state index contributed by atoms with van der Waals surface area (Å²) in [7, 11) is 1.91. The van der Waals surface area contributed by atoms with Crippen molar-refractivity contribution in [1.29, 1.82) is 0 Å². The van der Waals surface area contributed by atoms with E-state index in [2.05, 4.69) is 10.4 Å². The van der Waals surface area contributed by atoms with Gasteiger partial charge in [0.15, 0.2) is 0 Å². The van der Waals surface area contributed by atoms with Gasteiger partial charge in [0.2, 0.25) is 0 Å². The van der Waals surface area contributed by atoms with Gasteiger partial charge in [-0.3, -0.25) is 4.79 Å². The van der Waals surface area contributed by atoms with Crippen molar-refractivity contribution < 1.29 is 14.3 Å². The monoisotopic (exact) mass is 473 g/mol. The number of aromatic nitrogens is 2. The van der Waals surface area contributed by atoms with Crippen molar-refractivity contribution in [2.45, 2.75) is 25.8 Å². The topological polar surface area (TPSA) is 79.7 Å². The van der Waals surface area contributed by atoms with Gasteiger partial charge in [-0.05, 0) is 43.4 Å². The molecule has 5 rings (SSSR count). The van der Waals surface area contributed by atoms with Crippen molar-refractivity contribution in [1.82, 2.24) is 24.9 Å². The molecule has 9 heteroatoms. The van der Waals surface area contributed by atoms with Crippen molar-refractivity contribution in [2.24, 2.45) is 11.8 Å². The second kappa shape index (κ2) is 11.1.